The van der Waals surface area contributed by atoms with Crippen molar-refractivity contribution < 1.29 is 4.79 Å². The van der Waals surface area contributed by atoms with Crippen molar-refractivity contribution in [1.82, 2.24) is 25.1 Å². The number of piperidine rings is 1. The van der Waals surface area contributed by atoms with Gasteiger partial charge in [0.05, 0.1) is 17.5 Å². The lowest BCUT2D eigenvalue weighted by Crippen LogP contribution is -2.48. The first-order chi connectivity index (χ1) is 13.7. The smallest absolute Gasteiger partial charge is 0.257 e. The maximum Gasteiger partial charge on any atom is 0.257 e. The second-order valence-corrected chi connectivity index (χ2v) is 7.74. The van der Waals surface area contributed by atoms with Gasteiger partial charge >= 0.3 is 0 Å². The summed E-state index contributed by atoms with van der Waals surface area (Å²) in [5.41, 5.74) is 10.3. The first kappa shape index (κ1) is 16.9. The van der Waals surface area contributed by atoms with Crippen molar-refractivity contribution in [2.24, 2.45) is 0 Å². The zero-order chi connectivity index (χ0) is 19.1. The number of hydrogen-bond acceptors (Lipinski definition) is 5. The van der Waals surface area contributed by atoms with Crippen LogP contribution in [0.2, 0.25) is 0 Å². The number of likely N-dealkylation sites (tertiary alicyclic amines) is 1. The Kier molecular flexibility index (Phi) is 3.89. The molecule has 2 aromatic heterocycles. The maximum absolute atomic E-state index is 13.5. The van der Waals surface area contributed by atoms with E-state index in [1.165, 1.54) is 11.3 Å². The summed E-state index contributed by atoms with van der Waals surface area (Å²) < 4.78 is 0. The van der Waals surface area contributed by atoms with Gasteiger partial charge in [0.2, 0.25) is 5.95 Å². The Morgan fingerprint density at radius 3 is 2.89 bits per heavy atom. The predicted molar refractivity (Wildman–Crippen MR) is 106 cm³/mol. The number of fused-ring (bicyclic) bond motifs is 2. The summed E-state index contributed by atoms with van der Waals surface area (Å²) in [6, 6.07) is 9.66. The van der Waals surface area contributed by atoms with E-state index in [0.29, 0.717) is 17.8 Å². The predicted octanol–water partition coefficient (Wildman–Crippen LogP) is 2.57. The molecule has 3 aromatic rings. The van der Waals surface area contributed by atoms with Gasteiger partial charge in [0.25, 0.3) is 5.91 Å². The fourth-order valence-corrected chi connectivity index (χ4v) is 4.71. The Balaban J connectivity index is 1.49. The maximum atomic E-state index is 13.5. The van der Waals surface area contributed by atoms with Crippen molar-refractivity contribution in [2.75, 3.05) is 18.8 Å². The van der Waals surface area contributed by atoms with Gasteiger partial charge in [-0.25, -0.2) is 9.97 Å². The molecule has 7 heteroatoms. The number of aromatic nitrogens is 4. The van der Waals surface area contributed by atoms with Gasteiger partial charge in [-0.05, 0) is 31.2 Å². The molecule has 28 heavy (non-hydrogen) atoms. The van der Waals surface area contributed by atoms with Gasteiger partial charge in [0.1, 0.15) is 0 Å². The third kappa shape index (κ3) is 2.66. The van der Waals surface area contributed by atoms with Crippen LogP contribution in [0.1, 0.15) is 40.9 Å². The van der Waals surface area contributed by atoms with Crippen LogP contribution in [0.25, 0.3) is 11.3 Å². The van der Waals surface area contributed by atoms with Gasteiger partial charge < -0.3 is 10.6 Å². The fraction of sp³-hybridized carbons (Fsp3) is 0.333. The number of rotatable bonds is 2. The quantitative estimate of drug-likeness (QED) is 0.718. The van der Waals surface area contributed by atoms with Crippen LogP contribution in [0.5, 0.6) is 0 Å². The van der Waals surface area contributed by atoms with Gasteiger partial charge in [0, 0.05) is 36.0 Å². The summed E-state index contributed by atoms with van der Waals surface area (Å²) in [6.45, 7) is 1.43. The molecule has 1 amide bonds. The number of nitrogens with one attached hydrogen (secondary N) is 1. The van der Waals surface area contributed by atoms with E-state index in [1.54, 1.807) is 6.20 Å². The molecule has 2 aliphatic rings. The number of carbonyl (C=O) groups is 1. The SMILES string of the molecule is Nc1ncc(C(=O)N2CCCC3(CCc4cn[nH]c43)C2)c(-c2ccccc2)n1. The van der Waals surface area contributed by atoms with E-state index in [4.69, 9.17) is 5.73 Å². The van der Waals surface area contributed by atoms with Gasteiger partial charge in [0.15, 0.2) is 0 Å². The third-order valence-corrected chi connectivity index (χ3v) is 6.07. The number of nitrogen functional groups attached to an aromatic ring is 1. The van der Waals surface area contributed by atoms with Crippen molar-refractivity contribution in [2.45, 2.75) is 31.1 Å². The summed E-state index contributed by atoms with van der Waals surface area (Å²) in [6.07, 6.45) is 7.62. The van der Waals surface area contributed by atoms with Crippen LogP contribution in [0.3, 0.4) is 0 Å². The number of hydrogen-bond donors (Lipinski definition) is 2. The van der Waals surface area contributed by atoms with Crippen molar-refractivity contribution >= 4 is 11.9 Å². The lowest BCUT2D eigenvalue weighted by molar-refractivity contribution is 0.0633. The number of nitrogens with zero attached hydrogens (tertiary/aromatic N) is 4. The number of aromatic amines is 1. The Bertz CT molecular complexity index is 1030. The number of aryl methyl sites for hydroxylation is 1. The average Bonchev–Trinajstić information content (AvgIpc) is 3.33. The van der Waals surface area contributed by atoms with Crippen LogP contribution in [0.4, 0.5) is 5.95 Å². The molecular weight excluding hydrogens is 352 g/mol. The Morgan fingerprint density at radius 2 is 2.04 bits per heavy atom. The Morgan fingerprint density at radius 1 is 1.18 bits per heavy atom. The molecule has 3 heterocycles. The first-order valence-electron chi connectivity index (χ1n) is 9.66. The van der Waals surface area contributed by atoms with Gasteiger partial charge in [-0.15, -0.1) is 0 Å². The molecule has 0 bridgehead atoms. The van der Waals surface area contributed by atoms with Crippen LogP contribution in [0.15, 0.2) is 42.7 Å². The van der Waals surface area contributed by atoms with Crippen LogP contribution in [0, 0.1) is 0 Å². The molecule has 1 unspecified atom stereocenters. The molecule has 1 aromatic carbocycles. The number of amides is 1. The van der Waals surface area contributed by atoms with Crippen LogP contribution >= 0.6 is 0 Å². The van der Waals surface area contributed by atoms with Crippen LogP contribution in [-0.2, 0) is 11.8 Å². The summed E-state index contributed by atoms with van der Waals surface area (Å²) >= 11 is 0. The van der Waals surface area contributed by atoms with Gasteiger partial charge in [-0.3, -0.25) is 9.89 Å². The summed E-state index contributed by atoms with van der Waals surface area (Å²) in [5.74, 6) is 0.134. The van der Waals surface area contributed by atoms with E-state index >= 15 is 0 Å². The highest BCUT2D eigenvalue weighted by Gasteiger charge is 2.44. The minimum absolute atomic E-state index is 0.0126. The van der Waals surface area contributed by atoms with Crippen LogP contribution < -0.4 is 5.73 Å². The minimum atomic E-state index is -0.0362. The largest absolute Gasteiger partial charge is 0.368 e. The van der Waals surface area contributed by atoms with Crippen molar-refractivity contribution in [1.29, 1.82) is 0 Å². The number of nitrogens with two attached hydrogens (primary N) is 1. The van der Waals surface area contributed by atoms with Gasteiger partial charge in [-0.2, -0.15) is 5.10 Å². The highest BCUT2D eigenvalue weighted by atomic mass is 16.2. The van der Waals surface area contributed by atoms with Crippen molar-refractivity contribution in [3.63, 3.8) is 0 Å². The monoisotopic (exact) mass is 374 g/mol. The Labute approximate surface area is 163 Å². The van der Waals surface area contributed by atoms with Crippen molar-refractivity contribution in [3.05, 3.63) is 59.5 Å². The molecule has 7 nitrogen and oxygen atoms in total. The highest BCUT2D eigenvalue weighted by Crippen LogP contribution is 2.44. The standard InChI is InChI=1S/C21H22N6O/c22-20-23-12-16(17(25-20)14-5-2-1-3-6-14)19(28)27-10-4-8-21(13-27)9-7-15-11-24-26-18(15)21/h1-3,5-6,11-12H,4,7-10,13H2,(H,24,26)(H2,22,23,25). The Hall–Kier alpha value is -3.22. The molecule has 0 radical (unpaired) electrons. The molecule has 3 N–H and O–H groups in total. The summed E-state index contributed by atoms with van der Waals surface area (Å²) in [5, 5.41) is 7.42. The lowest BCUT2D eigenvalue weighted by Gasteiger charge is -2.40. The average molecular weight is 374 g/mol. The molecule has 0 saturated carbocycles. The topological polar surface area (TPSA) is 101 Å². The number of benzene rings is 1. The van der Waals surface area contributed by atoms with E-state index in [9.17, 15) is 4.79 Å². The molecule has 1 saturated heterocycles. The fourth-order valence-electron chi connectivity index (χ4n) is 4.71. The van der Waals surface area contributed by atoms with E-state index < -0.39 is 0 Å². The van der Waals surface area contributed by atoms with E-state index in [-0.39, 0.29) is 17.3 Å². The van der Waals surface area contributed by atoms with E-state index in [0.717, 1.165) is 37.8 Å². The normalized spacial score (nSPS) is 21.1. The molecule has 1 aliphatic heterocycles. The number of carbonyl (C=O) groups excluding carboxylic acids is 1. The molecule has 1 spiro atoms. The second-order valence-electron chi connectivity index (χ2n) is 7.74. The first-order valence-corrected chi connectivity index (χ1v) is 9.66. The zero-order valence-corrected chi connectivity index (χ0v) is 15.6. The molecule has 1 fully saturated rings. The van der Waals surface area contributed by atoms with Crippen LogP contribution in [-0.4, -0.2) is 44.1 Å². The van der Waals surface area contributed by atoms with E-state index in [1.807, 2.05) is 41.4 Å². The zero-order valence-electron chi connectivity index (χ0n) is 15.6. The molecular formula is C21H22N6O. The molecule has 142 valence electrons. The summed E-state index contributed by atoms with van der Waals surface area (Å²) in [7, 11) is 0. The third-order valence-electron chi connectivity index (χ3n) is 6.07. The summed E-state index contributed by atoms with van der Waals surface area (Å²) in [4.78, 5) is 23.9. The molecule has 5 rings (SSSR count). The second kappa shape index (κ2) is 6.44. The van der Waals surface area contributed by atoms with Crippen molar-refractivity contribution in [3.8, 4) is 11.3 Å². The lowest BCUT2D eigenvalue weighted by atomic mass is 9.77. The number of anilines is 1. The molecule has 1 atom stereocenters. The van der Waals surface area contributed by atoms with E-state index in [2.05, 4.69) is 20.2 Å². The minimum Gasteiger partial charge on any atom is -0.368 e. The number of H-pyrrole nitrogens is 1. The molecule has 1 aliphatic carbocycles. The van der Waals surface area contributed by atoms with Gasteiger partial charge in [-0.1, -0.05) is 30.3 Å². The highest BCUT2D eigenvalue weighted by molar-refractivity contribution is 6.00.